The zero-order valence-electron chi connectivity index (χ0n) is 8.31. The van der Waals surface area contributed by atoms with Crippen LogP contribution in [0.5, 0.6) is 0 Å². The van der Waals surface area contributed by atoms with Crippen molar-refractivity contribution in [1.29, 1.82) is 0 Å². The van der Waals surface area contributed by atoms with Crippen molar-refractivity contribution in [2.75, 3.05) is 6.61 Å². The third-order valence-electron chi connectivity index (χ3n) is 2.37. The summed E-state index contributed by atoms with van der Waals surface area (Å²) >= 11 is 0. The summed E-state index contributed by atoms with van der Waals surface area (Å²) in [6.07, 6.45) is 1.57. The van der Waals surface area contributed by atoms with Crippen molar-refractivity contribution < 1.29 is 9.84 Å². The van der Waals surface area contributed by atoms with Crippen LogP contribution in [-0.2, 0) is 4.74 Å². The predicted molar refractivity (Wildman–Crippen MR) is 52.8 cm³/mol. The first-order valence-electron chi connectivity index (χ1n) is 5.07. The van der Waals surface area contributed by atoms with Crippen molar-refractivity contribution in [2.24, 2.45) is 0 Å². The Labute approximate surface area is 83.7 Å². The van der Waals surface area contributed by atoms with Crippen LogP contribution in [0.1, 0.15) is 43.4 Å². The second-order valence-corrected chi connectivity index (χ2v) is 3.57. The van der Waals surface area contributed by atoms with Gasteiger partial charge in [-0.3, -0.25) is 4.98 Å². The highest BCUT2D eigenvalue weighted by atomic mass is 16.6. The monoisotopic (exact) mass is 193 g/mol. The van der Waals surface area contributed by atoms with Crippen molar-refractivity contribution in [2.45, 2.75) is 32.0 Å². The minimum absolute atomic E-state index is 0.497. The van der Waals surface area contributed by atoms with E-state index in [4.69, 9.17) is 4.74 Å². The van der Waals surface area contributed by atoms with E-state index < -0.39 is 6.29 Å². The van der Waals surface area contributed by atoms with E-state index in [1.54, 1.807) is 6.07 Å². The molecule has 0 saturated heterocycles. The molecule has 1 fully saturated rings. The lowest BCUT2D eigenvalue weighted by Crippen LogP contribution is -2.06. The van der Waals surface area contributed by atoms with Crippen molar-refractivity contribution in [1.82, 2.24) is 4.98 Å². The first-order chi connectivity index (χ1) is 6.81. The van der Waals surface area contributed by atoms with Gasteiger partial charge in [-0.1, -0.05) is 6.07 Å². The molecule has 0 aromatic carbocycles. The zero-order valence-corrected chi connectivity index (χ0v) is 8.31. The molecule has 1 atom stereocenters. The fraction of sp³-hybridized carbons (Fsp3) is 0.545. The third kappa shape index (κ3) is 2.11. The summed E-state index contributed by atoms with van der Waals surface area (Å²) in [4.78, 5) is 4.38. The molecule has 76 valence electrons. The average molecular weight is 193 g/mol. The minimum atomic E-state index is -0.876. The molecule has 2 rings (SSSR count). The first-order valence-corrected chi connectivity index (χ1v) is 5.07. The Morgan fingerprint density at radius 2 is 2.36 bits per heavy atom. The van der Waals surface area contributed by atoms with E-state index >= 15 is 0 Å². The molecule has 1 aromatic rings. The van der Waals surface area contributed by atoms with Crippen molar-refractivity contribution >= 4 is 0 Å². The van der Waals surface area contributed by atoms with Crippen molar-refractivity contribution in [3.05, 3.63) is 29.6 Å². The summed E-state index contributed by atoms with van der Waals surface area (Å²) in [7, 11) is 0. The molecule has 0 aliphatic heterocycles. The lowest BCUT2D eigenvalue weighted by Gasteiger charge is -2.10. The highest BCUT2D eigenvalue weighted by Gasteiger charge is 2.25. The maximum absolute atomic E-state index is 9.56. The van der Waals surface area contributed by atoms with E-state index in [2.05, 4.69) is 4.98 Å². The van der Waals surface area contributed by atoms with Gasteiger partial charge in [-0.15, -0.1) is 0 Å². The Hall–Kier alpha value is -0.930. The van der Waals surface area contributed by atoms with Crippen molar-refractivity contribution in [3.63, 3.8) is 0 Å². The van der Waals surface area contributed by atoms with E-state index in [0.29, 0.717) is 18.2 Å². The fourth-order valence-corrected chi connectivity index (χ4v) is 1.46. The number of pyridine rings is 1. The first kappa shape index (κ1) is 9.62. The molecule has 0 radical (unpaired) electrons. The molecule has 1 aliphatic carbocycles. The second kappa shape index (κ2) is 4.07. The Balaban J connectivity index is 2.12. The molecule has 0 amide bonds. The topological polar surface area (TPSA) is 42.4 Å². The van der Waals surface area contributed by atoms with E-state index in [9.17, 15) is 5.11 Å². The van der Waals surface area contributed by atoms with Gasteiger partial charge in [0.05, 0.1) is 5.69 Å². The van der Waals surface area contributed by atoms with Crippen LogP contribution in [0.15, 0.2) is 18.2 Å². The highest BCUT2D eigenvalue weighted by molar-refractivity contribution is 5.19. The molecule has 0 bridgehead atoms. The summed E-state index contributed by atoms with van der Waals surface area (Å²) in [6.45, 7) is 2.35. The lowest BCUT2D eigenvalue weighted by molar-refractivity contribution is -0.101. The van der Waals surface area contributed by atoms with Gasteiger partial charge in [0, 0.05) is 18.2 Å². The van der Waals surface area contributed by atoms with Gasteiger partial charge in [0.1, 0.15) is 0 Å². The Bertz CT molecular complexity index is 310. The number of ether oxygens (including phenoxy) is 1. The summed E-state index contributed by atoms with van der Waals surface area (Å²) in [6, 6.07) is 5.74. The van der Waals surface area contributed by atoms with E-state index in [0.717, 1.165) is 5.69 Å². The van der Waals surface area contributed by atoms with Crippen LogP contribution in [0, 0.1) is 0 Å². The molecule has 1 heterocycles. The van der Waals surface area contributed by atoms with E-state index in [1.807, 2.05) is 19.1 Å². The molecule has 3 heteroatoms. The van der Waals surface area contributed by atoms with Gasteiger partial charge in [-0.05, 0) is 31.9 Å². The average Bonchev–Trinajstić information content (AvgIpc) is 3.02. The van der Waals surface area contributed by atoms with Crippen LogP contribution in [0.4, 0.5) is 0 Å². The Kier molecular flexibility index (Phi) is 2.79. The number of aromatic nitrogens is 1. The molecule has 3 nitrogen and oxygen atoms in total. The number of rotatable bonds is 4. The Morgan fingerprint density at radius 3 is 3.00 bits per heavy atom. The SMILES string of the molecule is CCOC(O)c1cccc(C2CC2)n1. The van der Waals surface area contributed by atoms with Crippen LogP contribution in [-0.4, -0.2) is 16.7 Å². The van der Waals surface area contributed by atoms with Gasteiger partial charge in [0.2, 0.25) is 0 Å². The molecule has 1 N–H and O–H groups in total. The number of nitrogens with zero attached hydrogens (tertiary/aromatic N) is 1. The van der Waals surface area contributed by atoms with E-state index in [-0.39, 0.29) is 0 Å². The molecule has 1 unspecified atom stereocenters. The van der Waals surface area contributed by atoms with Crippen molar-refractivity contribution in [3.8, 4) is 0 Å². The fourth-order valence-electron chi connectivity index (χ4n) is 1.46. The van der Waals surface area contributed by atoms with Gasteiger partial charge in [-0.2, -0.15) is 0 Å². The summed E-state index contributed by atoms with van der Waals surface area (Å²) in [5.74, 6) is 0.615. The number of aliphatic hydroxyl groups is 1. The maximum Gasteiger partial charge on any atom is 0.198 e. The summed E-state index contributed by atoms with van der Waals surface area (Å²) in [5, 5.41) is 9.56. The molecule has 14 heavy (non-hydrogen) atoms. The van der Waals surface area contributed by atoms with Crippen LogP contribution in [0.3, 0.4) is 0 Å². The van der Waals surface area contributed by atoms with Gasteiger partial charge in [-0.25, -0.2) is 0 Å². The number of aliphatic hydroxyl groups excluding tert-OH is 1. The van der Waals surface area contributed by atoms with Crippen LogP contribution < -0.4 is 0 Å². The summed E-state index contributed by atoms with van der Waals surface area (Å²) < 4.78 is 5.08. The number of hydrogen-bond donors (Lipinski definition) is 1. The quantitative estimate of drug-likeness (QED) is 0.743. The standard InChI is InChI=1S/C11H15NO2/c1-2-14-11(13)10-5-3-4-9(12-10)8-6-7-8/h3-5,8,11,13H,2,6-7H2,1H3. The summed E-state index contributed by atoms with van der Waals surface area (Å²) in [5.41, 5.74) is 1.71. The maximum atomic E-state index is 9.56. The van der Waals surface area contributed by atoms with Crippen LogP contribution >= 0.6 is 0 Å². The molecular weight excluding hydrogens is 178 g/mol. The van der Waals surface area contributed by atoms with Gasteiger partial charge in [0.15, 0.2) is 6.29 Å². The smallest absolute Gasteiger partial charge is 0.198 e. The molecule has 1 saturated carbocycles. The second-order valence-electron chi connectivity index (χ2n) is 3.57. The minimum Gasteiger partial charge on any atom is -0.363 e. The highest BCUT2D eigenvalue weighted by Crippen LogP contribution is 2.39. The third-order valence-corrected chi connectivity index (χ3v) is 2.37. The number of hydrogen-bond acceptors (Lipinski definition) is 3. The lowest BCUT2D eigenvalue weighted by atomic mass is 10.2. The molecular formula is C11H15NO2. The van der Waals surface area contributed by atoms with Gasteiger partial charge < -0.3 is 9.84 Å². The Morgan fingerprint density at radius 1 is 1.57 bits per heavy atom. The van der Waals surface area contributed by atoms with Gasteiger partial charge >= 0.3 is 0 Å². The van der Waals surface area contributed by atoms with Crippen LogP contribution in [0.25, 0.3) is 0 Å². The normalized spacial score (nSPS) is 18.1. The molecule has 1 aliphatic rings. The van der Waals surface area contributed by atoms with Crippen LogP contribution in [0.2, 0.25) is 0 Å². The largest absolute Gasteiger partial charge is 0.363 e. The molecule has 0 spiro atoms. The van der Waals surface area contributed by atoms with Gasteiger partial charge in [0.25, 0.3) is 0 Å². The molecule has 1 aromatic heterocycles. The predicted octanol–water partition coefficient (Wildman–Crippen LogP) is 1.99. The van der Waals surface area contributed by atoms with E-state index in [1.165, 1.54) is 12.8 Å². The zero-order chi connectivity index (χ0) is 9.97.